The normalized spacial score (nSPS) is 13.2. The second kappa shape index (κ2) is 47.0. The van der Waals surface area contributed by atoms with Gasteiger partial charge in [0.2, 0.25) is 5.91 Å². The number of hydrogen-bond donors (Lipinski definition) is 3. The molecule has 4 heteroatoms. The van der Waals surface area contributed by atoms with E-state index in [0.717, 1.165) is 32.1 Å². The van der Waals surface area contributed by atoms with Crippen LogP contribution < -0.4 is 5.32 Å². The van der Waals surface area contributed by atoms with E-state index in [1.807, 2.05) is 6.08 Å². The summed E-state index contributed by atoms with van der Waals surface area (Å²) in [5, 5.41) is 23.1. The van der Waals surface area contributed by atoms with Crippen molar-refractivity contribution in [2.75, 3.05) is 6.61 Å². The van der Waals surface area contributed by atoms with E-state index in [0.29, 0.717) is 6.42 Å². The van der Waals surface area contributed by atoms with E-state index in [-0.39, 0.29) is 12.5 Å². The Balaban J connectivity index is 3.52. The summed E-state index contributed by atoms with van der Waals surface area (Å²) in [4.78, 5) is 12.4. The Morgan fingerprint density at radius 2 is 0.745 bits per heavy atom. The van der Waals surface area contributed by atoms with Crippen LogP contribution in [0.5, 0.6) is 0 Å². The van der Waals surface area contributed by atoms with Crippen LogP contribution >= 0.6 is 0 Å². The lowest BCUT2D eigenvalue weighted by Crippen LogP contribution is -2.45. The highest BCUT2D eigenvalue weighted by atomic mass is 16.3. The van der Waals surface area contributed by atoms with Gasteiger partial charge in [-0.25, -0.2) is 0 Å². The summed E-state index contributed by atoms with van der Waals surface area (Å²) in [5.74, 6) is -0.0665. The molecule has 4 nitrogen and oxygen atoms in total. The van der Waals surface area contributed by atoms with Gasteiger partial charge in [-0.3, -0.25) is 4.79 Å². The standard InChI is InChI=1S/C51H97NO3/c1-3-5-7-9-11-13-15-17-19-21-23-24-25-26-27-29-30-32-34-36-38-40-42-44-46-50(54)49(48-53)52-51(55)47-45-43-41-39-37-35-33-31-28-22-20-18-16-14-12-10-8-6-4-2/h12,14,18,20,44,46,49-50,53-54H,3-11,13,15-17,19,21-43,45,47-48H2,1-2H3,(H,52,55)/b14-12-,20-18-,46-44+. The Kier molecular flexibility index (Phi) is 45.8. The number of rotatable bonds is 45. The minimum Gasteiger partial charge on any atom is -0.394 e. The number of aliphatic hydroxyl groups is 2. The minimum absolute atomic E-state index is 0.0665. The number of amides is 1. The fourth-order valence-corrected chi connectivity index (χ4v) is 7.56. The van der Waals surface area contributed by atoms with Crippen LogP contribution in [0.1, 0.15) is 264 Å². The fraction of sp³-hybridized carbons (Fsp3) is 0.863. The van der Waals surface area contributed by atoms with Crippen LogP contribution in [-0.4, -0.2) is 34.9 Å². The topological polar surface area (TPSA) is 69.6 Å². The second-order valence-corrected chi connectivity index (χ2v) is 16.9. The van der Waals surface area contributed by atoms with Gasteiger partial charge < -0.3 is 15.5 Å². The van der Waals surface area contributed by atoms with Crippen molar-refractivity contribution in [3.63, 3.8) is 0 Å². The third-order valence-electron chi connectivity index (χ3n) is 11.4. The van der Waals surface area contributed by atoms with E-state index in [9.17, 15) is 15.0 Å². The predicted molar refractivity (Wildman–Crippen MR) is 244 cm³/mol. The molecule has 3 N–H and O–H groups in total. The molecule has 0 aliphatic carbocycles. The van der Waals surface area contributed by atoms with E-state index >= 15 is 0 Å². The van der Waals surface area contributed by atoms with Gasteiger partial charge >= 0.3 is 0 Å². The summed E-state index contributed by atoms with van der Waals surface area (Å²) in [6, 6.07) is -0.624. The van der Waals surface area contributed by atoms with Crippen LogP contribution in [0.15, 0.2) is 36.5 Å². The van der Waals surface area contributed by atoms with Crippen molar-refractivity contribution < 1.29 is 15.0 Å². The molecule has 0 aliphatic heterocycles. The summed E-state index contributed by atoms with van der Waals surface area (Å²) < 4.78 is 0. The van der Waals surface area contributed by atoms with Gasteiger partial charge in [0.15, 0.2) is 0 Å². The molecule has 2 unspecified atom stereocenters. The molecule has 0 spiro atoms. The van der Waals surface area contributed by atoms with Crippen LogP contribution in [0.3, 0.4) is 0 Å². The summed E-state index contributed by atoms with van der Waals surface area (Å²) in [6.45, 7) is 4.30. The Labute approximate surface area is 344 Å². The van der Waals surface area contributed by atoms with Crippen LogP contribution in [-0.2, 0) is 4.79 Å². The molecule has 0 aliphatic rings. The summed E-state index contributed by atoms with van der Waals surface area (Å²) >= 11 is 0. The summed E-state index contributed by atoms with van der Waals surface area (Å²) in [6.07, 6.45) is 62.7. The number of carbonyl (C=O) groups excluding carboxylic acids is 1. The van der Waals surface area contributed by atoms with Crippen molar-refractivity contribution in [2.45, 2.75) is 276 Å². The summed E-state index contributed by atoms with van der Waals surface area (Å²) in [7, 11) is 0. The zero-order valence-electron chi connectivity index (χ0n) is 37.2. The Morgan fingerprint density at radius 1 is 0.436 bits per heavy atom. The molecule has 0 aromatic heterocycles. The molecule has 0 aromatic rings. The quantitative estimate of drug-likeness (QED) is 0.0426. The number of unbranched alkanes of at least 4 members (excludes halogenated alkanes) is 34. The molecule has 0 radical (unpaired) electrons. The highest BCUT2D eigenvalue weighted by Crippen LogP contribution is 2.16. The smallest absolute Gasteiger partial charge is 0.220 e. The number of carbonyl (C=O) groups is 1. The third kappa shape index (κ3) is 43.6. The molecule has 0 rings (SSSR count). The zero-order chi connectivity index (χ0) is 40.0. The largest absolute Gasteiger partial charge is 0.394 e. The molecule has 0 heterocycles. The first-order valence-electron chi connectivity index (χ1n) is 24.7. The molecular formula is C51H97NO3. The van der Waals surface area contributed by atoms with Gasteiger partial charge in [0.1, 0.15) is 0 Å². The van der Waals surface area contributed by atoms with E-state index in [1.54, 1.807) is 6.08 Å². The predicted octanol–water partition coefficient (Wildman–Crippen LogP) is 15.7. The molecular weight excluding hydrogens is 675 g/mol. The second-order valence-electron chi connectivity index (χ2n) is 16.9. The molecule has 1 amide bonds. The van der Waals surface area contributed by atoms with Crippen molar-refractivity contribution in [2.24, 2.45) is 0 Å². The number of aliphatic hydroxyl groups excluding tert-OH is 2. The first kappa shape index (κ1) is 53.6. The maximum atomic E-state index is 12.4. The van der Waals surface area contributed by atoms with E-state index in [4.69, 9.17) is 0 Å². The van der Waals surface area contributed by atoms with Crippen LogP contribution in [0.4, 0.5) is 0 Å². The highest BCUT2D eigenvalue weighted by Gasteiger charge is 2.18. The van der Waals surface area contributed by atoms with Gasteiger partial charge in [-0.15, -0.1) is 0 Å². The van der Waals surface area contributed by atoms with Crippen LogP contribution in [0.2, 0.25) is 0 Å². The third-order valence-corrected chi connectivity index (χ3v) is 11.4. The highest BCUT2D eigenvalue weighted by molar-refractivity contribution is 5.76. The Bertz CT molecular complexity index is 836. The average molecular weight is 772 g/mol. The van der Waals surface area contributed by atoms with E-state index in [2.05, 4.69) is 43.5 Å². The monoisotopic (exact) mass is 772 g/mol. The lowest BCUT2D eigenvalue weighted by molar-refractivity contribution is -0.123. The Morgan fingerprint density at radius 3 is 1.13 bits per heavy atom. The van der Waals surface area contributed by atoms with Crippen molar-refractivity contribution in [1.82, 2.24) is 5.32 Å². The Hall–Kier alpha value is -1.39. The number of nitrogens with one attached hydrogen (secondary N) is 1. The van der Waals surface area contributed by atoms with Crippen molar-refractivity contribution >= 4 is 5.91 Å². The molecule has 0 aromatic carbocycles. The number of hydrogen-bond acceptors (Lipinski definition) is 3. The molecule has 0 saturated carbocycles. The minimum atomic E-state index is -0.841. The maximum Gasteiger partial charge on any atom is 0.220 e. The van der Waals surface area contributed by atoms with Crippen molar-refractivity contribution in [1.29, 1.82) is 0 Å². The van der Waals surface area contributed by atoms with Gasteiger partial charge in [0.05, 0.1) is 18.8 Å². The first-order valence-corrected chi connectivity index (χ1v) is 24.7. The van der Waals surface area contributed by atoms with Crippen molar-refractivity contribution in [3.05, 3.63) is 36.5 Å². The molecule has 0 fully saturated rings. The van der Waals surface area contributed by atoms with Crippen LogP contribution in [0.25, 0.3) is 0 Å². The summed E-state index contributed by atoms with van der Waals surface area (Å²) in [5.41, 5.74) is 0. The van der Waals surface area contributed by atoms with Gasteiger partial charge in [0.25, 0.3) is 0 Å². The van der Waals surface area contributed by atoms with E-state index in [1.165, 1.54) is 212 Å². The molecule has 2 atom stereocenters. The van der Waals surface area contributed by atoms with E-state index < -0.39 is 12.1 Å². The molecule has 0 bridgehead atoms. The van der Waals surface area contributed by atoms with Gasteiger partial charge in [0, 0.05) is 6.42 Å². The molecule has 55 heavy (non-hydrogen) atoms. The SMILES string of the molecule is CCCCC/C=C\C/C=C\CCCCCCCCCCCC(=O)NC(CO)C(O)/C=C/CCCCCCCCCCCCCCCCCCCCCCCC. The lowest BCUT2D eigenvalue weighted by atomic mass is 10.0. The van der Waals surface area contributed by atoms with Crippen LogP contribution in [0, 0.1) is 0 Å². The van der Waals surface area contributed by atoms with Crippen molar-refractivity contribution in [3.8, 4) is 0 Å². The molecule has 324 valence electrons. The first-order chi connectivity index (χ1) is 27.2. The van der Waals surface area contributed by atoms with Gasteiger partial charge in [-0.05, 0) is 51.4 Å². The maximum absolute atomic E-state index is 12.4. The number of allylic oxidation sites excluding steroid dienone is 5. The fourth-order valence-electron chi connectivity index (χ4n) is 7.56. The zero-order valence-corrected chi connectivity index (χ0v) is 37.2. The average Bonchev–Trinajstić information content (AvgIpc) is 3.19. The van der Waals surface area contributed by atoms with Gasteiger partial charge in [-0.2, -0.15) is 0 Å². The lowest BCUT2D eigenvalue weighted by Gasteiger charge is -2.20. The molecule has 0 saturated heterocycles. The van der Waals surface area contributed by atoms with Gasteiger partial charge in [-0.1, -0.05) is 243 Å².